The second kappa shape index (κ2) is 3.79. The second-order valence-corrected chi connectivity index (χ2v) is 3.51. The molecular formula is C9H13N3O2. The Labute approximate surface area is 81.8 Å². The van der Waals surface area contributed by atoms with Crippen molar-refractivity contribution in [1.82, 2.24) is 15.8 Å². The van der Waals surface area contributed by atoms with Gasteiger partial charge in [0.05, 0.1) is 12.0 Å². The van der Waals surface area contributed by atoms with Gasteiger partial charge < -0.3 is 15.2 Å². The molecule has 5 heteroatoms. The summed E-state index contributed by atoms with van der Waals surface area (Å²) in [6, 6.07) is 1.67. The molecule has 1 fully saturated rings. The molecule has 0 aliphatic carbocycles. The summed E-state index contributed by atoms with van der Waals surface area (Å²) in [4.78, 5) is 11.5. The molecule has 0 spiro atoms. The van der Waals surface area contributed by atoms with Crippen LogP contribution in [0.2, 0.25) is 0 Å². The summed E-state index contributed by atoms with van der Waals surface area (Å²) < 4.78 is 4.70. The van der Waals surface area contributed by atoms with E-state index in [-0.39, 0.29) is 17.9 Å². The van der Waals surface area contributed by atoms with Gasteiger partial charge in [0.25, 0.3) is 0 Å². The summed E-state index contributed by atoms with van der Waals surface area (Å²) in [5.41, 5.74) is 0.755. The van der Waals surface area contributed by atoms with E-state index in [1.807, 2.05) is 6.92 Å². The first-order chi connectivity index (χ1) is 6.77. The van der Waals surface area contributed by atoms with E-state index in [1.54, 1.807) is 6.07 Å². The number of rotatable bonds is 3. The van der Waals surface area contributed by atoms with Crippen LogP contribution in [0.25, 0.3) is 0 Å². The molecule has 14 heavy (non-hydrogen) atoms. The van der Waals surface area contributed by atoms with Gasteiger partial charge in [0.15, 0.2) is 0 Å². The largest absolute Gasteiger partial charge is 0.364 e. The van der Waals surface area contributed by atoms with Crippen molar-refractivity contribution in [2.24, 2.45) is 5.92 Å². The first kappa shape index (κ1) is 9.21. The molecule has 76 valence electrons. The number of aromatic nitrogens is 1. The van der Waals surface area contributed by atoms with Gasteiger partial charge in [0.2, 0.25) is 5.91 Å². The van der Waals surface area contributed by atoms with Gasteiger partial charge in [-0.3, -0.25) is 4.79 Å². The van der Waals surface area contributed by atoms with Crippen LogP contribution in [-0.4, -0.2) is 24.2 Å². The number of nitrogens with zero attached hydrogens (tertiary/aromatic N) is 1. The average Bonchev–Trinajstić information content (AvgIpc) is 2.51. The maximum absolute atomic E-state index is 11.5. The van der Waals surface area contributed by atoms with Gasteiger partial charge in [-0.1, -0.05) is 5.16 Å². The van der Waals surface area contributed by atoms with Gasteiger partial charge in [0, 0.05) is 19.2 Å². The highest BCUT2D eigenvalue weighted by Crippen LogP contribution is 2.11. The quantitative estimate of drug-likeness (QED) is 0.716. The molecule has 0 bridgehead atoms. The molecule has 2 N–H and O–H groups in total. The maximum Gasteiger partial charge on any atom is 0.226 e. The second-order valence-electron chi connectivity index (χ2n) is 3.51. The van der Waals surface area contributed by atoms with Gasteiger partial charge in [-0.2, -0.15) is 0 Å². The van der Waals surface area contributed by atoms with Crippen LogP contribution in [0, 0.1) is 5.92 Å². The topological polar surface area (TPSA) is 67.2 Å². The highest BCUT2D eigenvalue weighted by molar-refractivity contribution is 5.80. The van der Waals surface area contributed by atoms with Crippen molar-refractivity contribution in [3.05, 3.63) is 18.0 Å². The summed E-state index contributed by atoms with van der Waals surface area (Å²) in [6.07, 6.45) is 1.50. The molecule has 1 amide bonds. The summed E-state index contributed by atoms with van der Waals surface area (Å²) in [5.74, 6) is 0.198. The first-order valence-corrected chi connectivity index (χ1v) is 4.68. The zero-order valence-corrected chi connectivity index (χ0v) is 7.99. The smallest absolute Gasteiger partial charge is 0.226 e. The highest BCUT2D eigenvalue weighted by Gasteiger charge is 2.26. The molecule has 0 saturated carbocycles. The molecule has 1 aromatic heterocycles. The van der Waals surface area contributed by atoms with E-state index in [0.29, 0.717) is 0 Å². The van der Waals surface area contributed by atoms with E-state index < -0.39 is 0 Å². The predicted octanol–water partition coefficient (Wildman–Crippen LogP) is 0.0712. The highest BCUT2D eigenvalue weighted by atomic mass is 16.5. The minimum absolute atomic E-state index is 0.0816. The molecule has 1 saturated heterocycles. The monoisotopic (exact) mass is 195 g/mol. The summed E-state index contributed by atoms with van der Waals surface area (Å²) in [7, 11) is 0. The maximum atomic E-state index is 11.5. The lowest BCUT2D eigenvalue weighted by atomic mass is 10.0. The van der Waals surface area contributed by atoms with Crippen LogP contribution in [0.15, 0.2) is 16.9 Å². The lowest BCUT2D eigenvalue weighted by Crippen LogP contribution is -2.51. The van der Waals surface area contributed by atoms with Crippen LogP contribution in [0.1, 0.15) is 18.7 Å². The van der Waals surface area contributed by atoms with Crippen molar-refractivity contribution in [2.75, 3.05) is 13.1 Å². The average molecular weight is 195 g/mol. The first-order valence-electron chi connectivity index (χ1n) is 4.68. The Morgan fingerprint density at radius 1 is 1.79 bits per heavy atom. The Kier molecular flexibility index (Phi) is 2.49. The van der Waals surface area contributed by atoms with Crippen molar-refractivity contribution in [1.29, 1.82) is 0 Å². The SMILES string of the molecule is CC(NC(=O)C1CNC1)c1ccon1. The standard InChI is InChI=1S/C9H13N3O2/c1-6(8-2-3-14-12-8)11-9(13)7-4-10-5-7/h2-3,6-7,10H,4-5H2,1H3,(H,11,13). The number of hydrogen-bond acceptors (Lipinski definition) is 4. The van der Waals surface area contributed by atoms with E-state index in [2.05, 4.69) is 15.8 Å². The molecule has 1 aliphatic rings. The van der Waals surface area contributed by atoms with Gasteiger partial charge in [-0.15, -0.1) is 0 Å². The van der Waals surface area contributed by atoms with E-state index in [9.17, 15) is 4.79 Å². The molecule has 0 radical (unpaired) electrons. The number of amides is 1. The molecule has 1 aliphatic heterocycles. The minimum atomic E-state index is -0.0816. The molecule has 0 aromatic carbocycles. The van der Waals surface area contributed by atoms with Crippen LogP contribution in [0.3, 0.4) is 0 Å². The van der Waals surface area contributed by atoms with Crippen LogP contribution in [-0.2, 0) is 4.79 Å². The lowest BCUT2D eigenvalue weighted by molar-refractivity contribution is -0.127. The lowest BCUT2D eigenvalue weighted by Gasteiger charge is -2.27. The van der Waals surface area contributed by atoms with Crippen LogP contribution in [0.4, 0.5) is 0 Å². The third kappa shape index (κ3) is 1.77. The Bertz CT molecular complexity index is 306. The van der Waals surface area contributed by atoms with Crippen molar-refractivity contribution in [3.8, 4) is 0 Å². The van der Waals surface area contributed by atoms with E-state index in [4.69, 9.17) is 4.52 Å². The van der Waals surface area contributed by atoms with E-state index in [0.717, 1.165) is 18.8 Å². The van der Waals surface area contributed by atoms with Gasteiger partial charge in [-0.25, -0.2) is 0 Å². The van der Waals surface area contributed by atoms with Crippen LogP contribution >= 0.6 is 0 Å². The van der Waals surface area contributed by atoms with Crippen molar-refractivity contribution >= 4 is 5.91 Å². The number of carbonyl (C=O) groups excluding carboxylic acids is 1. The molecule has 5 nitrogen and oxygen atoms in total. The Hall–Kier alpha value is -1.36. The number of hydrogen-bond donors (Lipinski definition) is 2. The molecule has 1 aromatic rings. The van der Waals surface area contributed by atoms with Gasteiger partial charge in [0.1, 0.15) is 12.0 Å². The van der Waals surface area contributed by atoms with Gasteiger partial charge in [-0.05, 0) is 6.92 Å². The Balaban J connectivity index is 1.87. The summed E-state index contributed by atoms with van der Waals surface area (Å²) >= 11 is 0. The fourth-order valence-electron chi connectivity index (χ4n) is 1.32. The third-order valence-electron chi connectivity index (χ3n) is 2.41. The molecular weight excluding hydrogens is 182 g/mol. The van der Waals surface area contributed by atoms with Crippen molar-refractivity contribution in [3.63, 3.8) is 0 Å². The van der Waals surface area contributed by atoms with Crippen LogP contribution in [0.5, 0.6) is 0 Å². The van der Waals surface area contributed by atoms with Crippen molar-refractivity contribution in [2.45, 2.75) is 13.0 Å². The summed E-state index contributed by atoms with van der Waals surface area (Å²) in [6.45, 7) is 3.44. The third-order valence-corrected chi connectivity index (χ3v) is 2.41. The van der Waals surface area contributed by atoms with Crippen molar-refractivity contribution < 1.29 is 9.32 Å². The molecule has 2 rings (SSSR count). The zero-order valence-electron chi connectivity index (χ0n) is 7.99. The predicted molar refractivity (Wildman–Crippen MR) is 49.4 cm³/mol. The summed E-state index contributed by atoms with van der Waals surface area (Å²) in [5, 5.41) is 9.70. The normalized spacial score (nSPS) is 18.6. The fourth-order valence-corrected chi connectivity index (χ4v) is 1.32. The Morgan fingerprint density at radius 2 is 2.57 bits per heavy atom. The van der Waals surface area contributed by atoms with Gasteiger partial charge >= 0.3 is 0 Å². The molecule has 2 heterocycles. The number of nitrogens with one attached hydrogen (secondary N) is 2. The molecule has 1 unspecified atom stereocenters. The number of carbonyl (C=O) groups is 1. The zero-order chi connectivity index (χ0) is 9.97. The minimum Gasteiger partial charge on any atom is -0.364 e. The van der Waals surface area contributed by atoms with Crippen LogP contribution < -0.4 is 10.6 Å². The molecule has 1 atom stereocenters. The Morgan fingerprint density at radius 3 is 3.07 bits per heavy atom. The van der Waals surface area contributed by atoms with E-state index in [1.165, 1.54) is 6.26 Å². The fraction of sp³-hybridized carbons (Fsp3) is 0.556. The van der Waals surface area contributed by atoms with E-state index >= 15 is 0 Å².